The van der Waals surface area contributed by atoms with E-state index in [1.165, 1.54) is 16.0 Å². The number of aromatic nitrogens is 1. The maximum atomic E-state index is 6.20. The highest BCUT2D eigenvalue weighted by molar-refractivity contribution is 9.10. The molecule has 1 aromatic carbocycles. The van der Waals surface area contributed by atoms with E-state index in [2.05, 4.69) is 40.0 Å². The van der Waals surface area contributed by atoms with Gasteiger partial charge in [-0.15, -0.1) is 11.3 Å². The number of benzene rings is 1. The molecule has 0 aliphatic heterocycles. The summed E-state index contributed by atoms with van der Waals surface area (Å²) >= 11 is 5.11. The van der Waals surface area contributed by atoms with Gasteiger partial charge in [0.1, 0.15) is 0 Å². The van der Waals surface area contributed by atoms with Crippen LogP contribution in [0.15, 0.2) is 34.4 Å². The number of hydrogen-bond acceptors (Lipinski definition) is 3. The lowest BCUT2D eigenvalue weighted by Gasteiger charge is -2.13. The molecule has 1 atom stereocenters. The number of halogens is 1. The van der Waals surface area contributed by atoms with Gasteiger partial charge in [0.05, 0.1) is 5.51 Å². The molecular formula is C12H13BrN2S. The van der Waals surface area contributed by atoms with Crippen molar-refractivity contribution in [3.05, 3.63) is 50.4 Å². The summed E-state index contributed by atoms with van der Waals surface area (Å²) in [7, 11) is 0. The second kappa shape index (κ2) is 5.08. The Balaban J connectivity index is 2.17. The first-order chi connectivity index (χ1) is 7.66. The molecule has 16 heavy (non-hydrogen) atoms. The van der Waals surface area contributed by atoms with E-state index in [0.29, 0.717) is 0 Å². The van der Waals surface area contributed by atoms with Crippen molar-refractivity contribution in [2.45, 2.75) is 19.4 Å². The van der Waals surface area contributed by atoms with Crippen LogP contribution in [0.1, 0.15) is 22.0 Å². The summed E-state index contributed by atoms with van der Waals surface area (Å²) in [5.74, 6) is 0. The molecule has 0 fully saturated rings. The summed E-state index contributed by atoms with van der Waals surface area (Å²) in [6.45, 7) is 2.09. The van der Waals surface area contributed by atoms with Crippen molar-refractivity contribution in [3.63, 3.8) is 0 Å². The van der Waals surface area contributed by atoms with Crippen LogP contribution in [0, 0.1) is 6.92 Å². The number of rotatable bonds is 3. The van der Waals surface area contributed by atoms with E-state index in [1.54, 1.807) is 11.3 Å². The van der Waals surface area contributed by atoms with Crippen molar-refractivity contribution in [2.24, 2.45) is 5.73 Å². The Hall–Kier alpha value is -0.710. The fourth-order valence-electron chi connectivity index (χ4n) is 1.72. The Morgan fingerprint density at radius 3 is 2.94 bits per heavy atom. The van der Waals surface area contributed by atoms with Gasteiger partial charge >= 0.3 is 0 Å². The normalized spacial score (nSPS) is 12.7. The Morgan fingerprint density at radius 1 is 1.50 bits per heavy atom. The molecule has 0 saturated carbocycles. The third-order valence-corrected chi connectivity index (χ3v) is 3.83. The second-order valence-electron chi connectivity index (χ2n) is 3.78. The summed E-state index contributed by atoms with van der Waals surface area (Å²) in [5.41, 5.74) is 10.5. The lowest BCUT2D eigenvalue weighted by Crippen LogP contribution is -2.14. The number of thiazole rings is 1. The first-order valence-corrected chi connectivity index (χ1v) is 6.73. The van der Waals surface area contributed by atoms with Gasteiger partial charge in [0.25, 0.3) is 0 Å². The smallest absolute Gasteiger partial charge is 0.0794 e. The largest absolute Gasteiger partial charge is 0.324 e. The zero-order chi connectivity index (χ0) is 11.5. The van der Waals surface area contributed by atoms with Crippen LogP contribution < -0.4 is 5.73 Å². The fourth-order valence-corrected chi connectivity index (χ4v) is 2.85. The van der Waals surface area contributed by atoms with Gasteiger partial charge in [0, 0.05) is 28.0 Å². The van der Waals surface area contributed by atoms with Gasteiger partial charge in [-0.3, -0.25) is 4.98 Å². The summed E-state index contributed by atoms with van der Waals surface area (Å²) in [6.07, 6.45) is 2.74. The average molecular weight is 297 g/mol. The molecule has 0 radical (unpaired) electrons. The van der Waals surface area contributed by atoms with E-state index in [9.17, 15) is 0 Å². The second-order valence-corrected chi connectivity index (χ2v) is 5.67. The average Bonchev–Trinajstić information content (AvgIpc) is 2.70. The molecule has 1 aromatic heterocycles. The van der Waals surface area contributed by atoms with Crippen molar-refractivity contribution < 1.29 is 0 Å². The first kappa shape index (κ1) is 11.8. The molecule has 2 nitrogen and oxygen atoms in total. The number of nitrogens with two attached hydrogens (primary N) is 1. The van der Waals surface area contributed by atoms with Gasteiger partial charge in [-0.25, -0.2) is 0 Å². The van der Waals surface area contributed by atoms with Crippen LogP contribution in [0.2, 0.25) is 0 Å². The minimum atomic E-state index is 0.0496. The van der Waals surface area contributed by atoms with Crippen molar-refractivity contribution >= 4 is 27.3 Å². The van der Waals surface area contributed by atoms with E-state index >= 15 is 0 Å². The fraction of sp³-hybridized carbons (Fsp3) is 0.250. The maximum absolute atomic E-state index is 6.20. The van der Waals surface area contributed by atoms with Gasteiger partial charge in [-0.2, -0.15) is 0 Å². The monoisotopic (exact) mass is 296 g/mol. The van der Waals surface area contributed by atoms with Crippen molar-refractivity contribution in [3.8, 4) is 0 Å². The van der Waals surface area contributed by atoms with Crippen molar-refractivity contribution in [1.29, 1.82) is 0 Å². The molecule has 1 unspecified atom stereocenters. The third-order valence-electron chi connectivity index (χ3n) is 2.54. The van der Waals surface area contributed by atoms with Crippen molar-refractivity contribution in [2.75, 3.05) is 0 Å². The third kappa shape index (κ3) is 2.70. The molecule has 2 N–H and O–H groups in total. The summed E-state index contributed by atoms with van der Waals surface area (Å²) < 4.78 is 1.10. The number of aryl methyl sites for hydroxylation is 1. The van der Waals surface area contributed by atoms with Crippen LogP contribution in [-0.4, -0.2) is 4.98 Å². The molecule has 0 aliphatic carbocycles. The predicted octanol–water partition coefficient (Wildman–Crippen LogP) is 3.46. The highest BCUT2D eigenvalue weighted by Gasteiger charge is 2.10. The Labute approximate surface area is 108 Å². The van der Waals surface area contributed by atoms with Crippen LogP contribution in [0.25, 0.3) is 0 Å². The van der Waals surface area contributed by atoms with E-state index < -0.39 is 0 Å². The molecule has 0 bridgehead atoms. The minimum Gasteiger partial charge on any atom is -0.324 e. The van der Waals surface area contributed by atoms with Crippen LogP contribution in [-0.2, 0) is 6.42 Å². The molecular weight excluding hydrogens is 284 g/mol. The first-order valence-electron chi connectivity index (χ1n) is 5.06. The Kier molecular flexibility index (Phi) is 3.74. The van der Waals surface area contributed by atoms with E-state index in [0.717, 1.165) is 10.9 Å². The quantitative estimate of drug-likeness (QED) is 0.942. The van der Waals surface area contributed by atoms with Gasteiger partial charge in [-0.05, 0) is 30.2 Å². The van der Waals surface area contributed by atoms with Gasteiger partial charge in [-0.1, -0.05) is 22.0 Å². The zero-order valence-corrected chi connectivity index (χ0v) is 11.4. The Morgan fingerprint density at radius 2 is 2.31 bits per heavy atom. The van der Waals surface area contributed by atoms with Crippen molar-refractivity contribution in [1.82, 2.24) is 4.98 Å². The van der Waals surface area contributed by atoms with Crippen LogP contribution >= 0.6 is 27.3 Å². The molecule has 0 spiro atoms. The molecule has 4 heteroatoms. The van der Waals surface area contributed by atoms with Crippen LogP contribution in [0.4, 0.5) is 0 Å². The summed E-state index contributed by atoms with van der Waals surface area (Å²) in [4.78, 5) is 5.29. The van der Waals surface area contributed by atoms with Crippen LogP contribution in [0.3, 0.4) is 0 Å². The predicted molar refractivity (Wildman–Crippen MR) is 71.6 cm³/mol. The summed E-state index contributed by atoms with van der Waals surface area (Å²) in [6, 6.07) is 6.27. The molecule has 84 valence electrons. The minimum absolute atomic E-state index is 0.0496. The van der Waals surface area contributed by atoms with E-state index in [-0.39, 0.29) is 6.04 Å². The number of nitrogens with zero attached hydrogens (tertiary/aromatic N) is 1. The molecule has 1 heterocycles. The molecule has 0 saturated heterocycles. The number of hydrogen-bond donors (Lipinski definition) is 1. The van der Waals surface area contributed by atoms with Gasteiger partial charge < -0.3 is 5.73 Å². The van der Waals surface area contributed by atoms with E-state index in [4.69, 9.17) is 5.73 Å². The molecule has 2 aromatic rings. The van der Waals surface area contributed by atoms with E-state index in [1.807, 2.05) is 17.8 Å². The molecule has 0 aliphatic rings. The van der Waals surface area contributed by atoms with Crippen LogP contribution in [0.5, 0.6) is 0 Å². The lowest BCUT2D eigenvalue weighted by molar-refractivity contribution is 0.723. The Bertz CT molecular complexity index is 468. The highest BCUT2D eigenvalue weighted by Crippen LogP contribution is 2.23. The summed E-state index contributed by atoms with van der Waals surface area (Å²) in [5, 5.41) is 0. The van der Waals surface area contributed by atoms with Gasteiger partial charge in [0.2, 0.25) is 0 Å². The molecule has 2 rings (SSSR count). The lowest BCUT2D eigenvalue weighted by atomic mass is 9.99. The van der Waals surface area contributed by atoms with Gasteiger partial charge in [0.15, 0.2) is 0 Å². The SMILES string of the molecule is Cc1cc(Br)ccc1C(N)Cc1cncs1. The topological polar surface area (TPSA) is 38.9 Å². The maximum Gasteiger partial charge on any atom is 0.0794 e. The highest BCUT2D eigenvalue weighted by atomic mass is 79.9. The zero-order valence-electron chi connectivity index (χ0n) is 8.98. The molecule has 0 amide bonds. The standard InChI is InChI=1S/C12H13BrN2S/c1-8-4-9(13)2-3-11(8)12(14)5-10-6-15-7-16-10/h2-4,6-7,12H,5,14H2,1H3.